The maximum absolute atomic E-state index is 11.9. The van der Waals surface area contributed by atoms with Gasteiger partial charge in [0, 0.05) is 37.7 Å². The van der Waals surface area contributed by atoms with Gasteiger partial charge in [0.1, 0.15) is 5.75 Å². The molecule has 3 aromatic rings. The van der Waals surface area contributed by atoms with Gasteiger partial charge in [0.05, 0.1) is 6.20 Å². The number of benzene rings is 1. The lowest BCUT2D eigenvalue weighted by atomic mass is 10.1. The topological polar surface area (TPSA) is 69.0 Å². The van der Waals surface area contributed by atoms with Gasteiger partial charge in [-0.15, -0.1) is 0 Å². The number of amides is 1. The number of carbonyl (C=O) groups is 1. The largest absolute Gasteiger partial charge is 0.484 e. The third kappa shape index (κ3) is 4.19. The van der Waals surface area contributed by atoms with E-state index in [0.717, 1.165) is 16.7 Å². The summed E-state index contributed by atoms with van der Waals surface area (Å²) in [7, 11) is 1.87. The molecule has 2 aromatic heterocycles. The Morgan fingerprint density at radius 1 is 1.21 bits per heavy atom. The summed E-state index contributed by atoms with van der Waals surface area (Å²) in [6, 6.07) is 11.3. The maximum Gasteiger partial charge on any atom is 0.258 e. The van der Waals surface area contributed by atoms with E-state index < -0.39 is 0 Å². The molecule has 0 radical (unpaired) electrons. The molecule has 0 aliphatic rings. The average molecular weight is 322 g/mol. The highest BCUT2D eigenvalue weighted by Gasteiger charge is 2.05. The van der Waals surface area contributed by atoms with Gasteiger partial charge in [-0.3, -0.25) is 14.5 Å². The van der Waals surface area contributed by atoms with Gasteiger partial charge in [-0.25, -0.2) is 0 Å². The quantitative estimate of drug-likeness (QED) is 0.755. The molecule has 1 amide bonds. The number of nitrogens with zero attached hydrogens (tertiary/aromatic N) is 3. The fourth-order valence-corrected chi connectivity index (χ4v) is 2.24. The Labute approximate surface area is 140 Å². The molecule has 24 heavy (non-hydrogen) atoms. The summed E-state index contributed by atoms with van der Waals surface area (Å²) in [5, 5.41) is 6.96. The van der Waals surface area contributed by atoms with Crippen molar-refractivity contribution < 1.29 is 9.53 Å². The maximum atomic E-state index is 11.9. The van der Waals surface area contributed by atoms with E-state index in [1.54, 1.807) is 23.3 Å². The van der Waals surface area contributed by atoms with Crippen molar-refractivity contribution in [3.05, 3.63) is 66.7 Å². The van der Waals surface area contributed by atoms with Crippen molar-refractivity contribution in [1.82, 2.24) is 20.1 Å². The molecule has 122 valence electrons. The third-order valence-electron chi connectivity index (χ3n) is 3.45. The number of rotatable bonds is 6. The fraction of sp³-hybridized carbons (Fsp3) is 0.167. The van der Waals surface area contributed by atoms with Crippen LogP contribution in [0.1, 0.15) is 5.56 Å². The molecular weight excluding hydrogens is 304 g/mol. The molecule has 0 aliphatic heterocycles. The molecule has 0 fully saturated rings. The van der Waals surface area contributed by atoms with Crippen LogP contribution >= 0.6 is 0 Å². The van der Waals surface area contributed by atoms with Crippen molar-refractivity contribution >= 4 is 5.91 Å². The van der Waals surface area contributed by atoms with E-state index in [2.05, 4.69) is 15.4 Å². The number of ether oxygens (including phenoxy) is 1. The molecule has 6 nitrogen and oxygen atoms in total. The molecule has 3 rings (SSSR count). The zero-order valence-corrected chi connectivity index (χ0v) is 13.3. The Morgan fingerprint density at radius 3 is 2.88 bits per heavy atom. The first kappa shape index (κ1) is 15.7. The summed E-state index contributed by atoms with van der Waals surface area (Å²) < 4.78 is 7.32. The van der Waals surface area contributed by atoms with Crippen LogP contribution in [0.2, 0.25) is 0 Å². The minimum absolute atomic E-state index is 0.0310. The van der Waals surface area contributed by atoms with Crippen molar-refractivity contribution in [3.63, 3.8) is 0 Å². The molecule has 0 saturated heterocycles. The molecule has 0 aliphatic carbocycles. The standard InChI is InChI=1S/C18H18N4O2/c1-22-12-16(11-21-22)15-5-2-6-17(8-15)24-13-18(23)20-10-14-4-3-7-19-9-14/h2-9,11-12H,10,13H2,1H3,(H,20,23). The summed E-state index contributed by atoms with van der Waals surface area (Å²) >= 11 is 0. The van der Waals surface area contributed by atoms with Crippen molar-refractivity contribution in [3.8, 4) is 16.9 Å². The lowest BCUT2D eigenvalue weighted by Crippen LogP contribution is -2.28. The van der Waals surface area contributed by atoms with E-state index in [-0.39, 0.29) is 12.5 Å². The monoisotopic (exact) mass is 322 g/mol. The molecule has 0 spiro atoms. The van der Waals surface area contributed by atoms with Crippen LogP contribution in [0.5, 0.6) is 5.75 Å². The molecule has 1 N–H and O–H groups in total. The summed E-state index contributed by atoms with van der Waals surface area (Å²) in [6.45, 7) is 0.405. The lowest BCUT2D eigenvalue weighted by Gasteiger charge is -2.08. The van der Waals surface area contributed by atoms with Gasteiger partial charge in [0.25, 0.3) is 5.91 Å². The number of aromatic nitrogens is 3. The highest BCUT2D eigenvalue weighted by molar-refractivity contribution is 5.77. The van der Waals surface area contributed by atoms with E-state index in [9.17, 15) is 4.79 Å². The van der Waals surface area contributed by atoms with Crippen molar-refractivity contribution in [2.75, 3.05) is 6.61 Å². The van der Waals surface area contributed by atoms with Crippen LogP contribution in [0.25, 0.3) is 11.1 Å². The predicted molar refractivity (Wildman–Crippen MR) is 90.2 cm³/mol. The Morgan fingerprint density at radius 2 is 2.12 bits per heavy atom. The highest BCUT2D eigenvalue weighted by Crippen LogP contribution is 2.23. The molecule has 0 atom stereocenters. The number of hydrogen-bond donors (Lipinski definition) is 1. The number of hydrogen-bond acceptors (Lipinski definition) is 4. The summed E-state index contributed by atoms with van der Waals surface area (Å²) in [4.78, 5) is 15.9. The first-order valence-electron chi connectivity index (χ1n) is 7.58. The van der Waals surface area contributed by atoms with Gasteiger partial charge >= 0.3 is 0 Å². The molecule has 0 unspecified atom stereocenters. The molecule has 0 saturated carbocycles. The van der Waals surface area contributed by atoms with Crippen LogP contribution < -0.4 is 10.1 Å². The van der Waals surface area contributed by atoms with Crippen LogP contribution in [0.15, 0.2) is 61.2 Å². The molecular formula is C18H18N4O2. The zero-order chi connectivity index (χ0) is 16.8. The van der Waals surface area contributed by atoms with Crippen LogP contribution in [-0.2, 0) is 18.4 Å². The molecule has 2 heterocycles. The van der Waals surface area contributed by atoms with Gasteiger partial charge < -0.3 is 10.1 Å². The number of nitrogens with one attached hydrogen (secondary N) is 1. The van der Waals surface area contributed by atoms with Crippen molar-refractivity contribution in [1.29, 1.82) is 0 Å². The third-order valence-corrected chi connectivity index (χ3v) is 3.45. The number of pyridine rings is 1. The number of carbonyl (C=O) groups excluding carboxylic acids is 1. The second-order valence-electron chi connectivity index (χ2n) is 5.36. The summed E-state index contributed by atoms with van der Waals surface area (Å²) in [5.41, 5.74) is 2.95. The smallest absolute Gasteiger partial charge is 0.258 e. The van der Waals surface area contributed by atoms with Gasteiger partial charge in [-0.2, -0.15) is 5.10 Å². The van der Waals surface area contributed by atoms with Gasteiger partial charge in [-0.1, -0.05) is 18.2 Å². The summed E-state index contributed by atoms with van der Waals surface area (Å²) in [5.74, 6) is 0.471. The van der Waals surface area contributed by atoms with Crippen LogP contribution in [-0.4, -0.2) is 27.3 Å². The van der Waals surface area contributed by atoms with Crippen LogP contribution in [0.4, 0.5) is 0 Å². The van der Waals surface area contributed by atoms with Gasteiger partial charge in [-0.05, 0) is 29.3 Å². The highest BCUT2D eigenvalue weighted by atomic mass is 16.5. The van der Waals surface area contributed by atoms with Crippen molar-refractivity contribution in [2.24, 2.45) is 7.05 Å². The lowest BCUT2D eigenvalue weighted by molar-refractivity contribution is -0.123. The SMILES string of the molecule is Cn1cc(-c2cccc(OCC(=O)NCc3cccnc3)c2)cn1. The Bertz CT molecular complexity index is 815. The van der Waals surface area contributed by atoms with Crippen molar-refractivity contribution in [2.45, 2.75) is 6.54 Å². The van der Waals surface area contributed by atoms with E-state index in [4.69, 9.17) is 4.74 Å². The Hall–Kier alpha value is -3.15. The molecule has 6 heteroatoms. The van der Waals surface area contributed by atoms with Gasteiger partial charge in [0.15, 0.2) is 6.61 Å². The van der Waals surface area contributed by atoms with E-state index in [1.807, 2.05) is 49.6 Å². The first-order chi connectivity index (χ1) is 11.7. The predicted octanol–water partition coefficient (Wildman–Crippen LogP) is 2.18. The normalized spacial score (nSPS) is 10.4. The molecule has 1 aromatic carbocycles. The first-order valence-corrected chi connectivity index (χ1v) is 7.58. The van der Waals surface area contributed by atoms with E-state index in [0.29, 0.717) is 12.3 Å². The van der Waals surface area contributed by atoms with Crippen LogP contribution in [0, 0.1) is 0 Å². The molecule has 0 bridgehead atoms. The minimum atomic E-state index is -0.175. The van der Waals surface area contributed by atoms with Gasteiger partial charge in [0.2, 0.25) is 0 Å². The zero-order valence-electron chi connectivity index (χ0n) is 13.3. The minimum Gasteiger partial charge on any atom is -0.484 e. The second kappa shape index (κ2) is 7.41. The second-order valence-corrected chi connectivity index (χ2v) is 5.36. The number of aryl methyl sites for hydroxylation is 1. The average Bonchev–Trinajstić information content (AvgIpc) is 3.06. The Kier molecular flexibility index (Phi) is 4.86. The van der Waals surface area contributed by atoms with E-state index >= 15 is 0 Å². The van der Waals surface area contributed by atoms with Crippen LogP contribution in [0.3, 0.4) is 0 Å². The Balaban J connectivity index is 1.54. The summed E-state index contributed by atoms with van der Waals surface area (Å²) in [6.07, 6.45) is 7.14. The van der Waals surface area contributed by atoms with E-state index in [1.165, 1.54) is 0 Å². The fourth-order valence-electron chi connectivity index (χ4n) is 2.24.